The van der Waals surface area contributed by atoms with Crippen LogP contribution in [0.25, 0.3) is 0 Å². The summed E-state index contributed by atoms with van der Waals surface area (Å²) in [6, 6.07) is 0. The Morgan fingerprint density at radius 1 is 1.45 bits per heavy atom. The molecule has 68 valence electrons. The molecule has 0 aromatic carbocycles. The van der Waals surface area contributed by atoms with Gasteiger partial charge in [0, 0.05) is 6.54 Å². The summed E-state index contributed by atoms with van der Waals surface area (Å²) >= 11 is 0. The molecule has 1 aliphatic rings. The molecule has 11 heavy (non-hydrogen) atoms. The molecule has 0 aromatic rings. The fourth-order valence-corrected chi connectivity index (χ4v) is 1.95. The molecule has 1 heterocycles. The first-order valence-corrected chi connectivity index (χ1v) is 4.94. The minimum absolute atomic E-state index is 0. The van der Waals surface area contributed by atoms with Crippen molar-refractivity contribution < 1.29 is 8.42 Å². The first kappa shape index (κ1) is 11.2. The van der Waals surface area contributed by atoms with Crippen LogP contribution >= 0.6 is 12.4 Å². The maximum atomic E-state index is 10.7. The Labute approximate surface area is 73.0 Å². The molecule has 1 fully saturated rings. The van der Waals surface area contributed by atoms with Crippen LogP contribution in [0.15, 0.2) is 0 Å². The number of hydrogen-bond donors (Lipinski definition) is 2. The maximum Gasteiger partial charge on any atom is 0.213 e. The summed E-state index contributed by atoms with van der Waals surface area (Å²) < 4.78 is 21.4. The van der Waals surface area contributed by atoms with Crippen LogP contribution in [-0.2, 0) is 10.0 Å². The van der Waals surface area contributed by atoms with Crippen LogP contribution in [0.5, 0.6) is 0 Å². The minimum atomic E-state index is -3.29. The van der Waals surface area contributed by atoms with Gasteiger partial charge in [0.1, 0.15) is 0 Å². The van der Waals surface area contributed by atoms with E-state index >= 15 is 0 Å². The van der Waals surface area contributed by atoms with E-state index in [0.29, 0.717) is 13.0 Å². The molecular formula is C5H13ClN2O2S. The van der Waals surface area contributed by atoms with Crippen molar-refractivity contribution >= 4 is 22.4 Å². The standard InChI is InChI=1S/C5H12N2O2S.ClH/c6-10(8,9)5-2-1-3-7-4-5;/h5,7H,1-4H2,(H2,6,8,9);1H/t5-;/m0./s1. The molecule has 4 nitrogen and oxygen atoms in total. The topological polar surface area (TPSA) is 72.2 Å². The van der Waals surface area contributed by atoms with Crippen molar-refractivity contribution in [2.24, 2.45) is 5.14 Å². The van der Waals surface area contributed by atoms with Gasteiger partial charge in [0.05, 0.1) is 5.25 Å². The number of halogens is 1. The van der Waals surface area contributed by atoms with Crippen LogP contribution < -0.4 is 10.5 Å². The van der Waals surface area contributed by atoms with Gasteiger partial charge < -0.3 is 5.32 Å². The molecule has 0 radical (unpaired) electrons. The van der Waals surface area contributed by atoms with Crippen LogP contribution in [-0.4, -0.2) is 26.8 Å². The zero-order chi connectivity index (χ0) is 7.61. The Kier molecular flexibility index (Phi) is 4.31. The van der Waals surface area contributed by atoms with Crippen molar-refractivity contribution in [3.8, 4) is 0 Å². The van der Waals surface area contributed by atoms with E-state index in [2.05, 4.69) is 5.32 Å². The van der Waals surface area contributed by atoms with Crippen molar-refractivity contribution in [1.82, 2.24) is 5.32 Å². The highest BCUT2D eigenvalue weighted by Gasteiger charge is 2.22. The molecule has 1 atom stereocenters. The SMILES string of the molecule is Cl.NS(=O)(=O)[C@H]1CCCNC1. The van der Waals surface area contributed by atoms with Crippen LogP contribution in [0.3, 0.4) is 0 Å². The molecular weight excluding hydrogens is 188 g/mol. The summed E-state index contributed by atoms with van der Waals surface area (Å²) in [7, 11) is -3.29. The van der Waals surface area contributed by atoms with Crippen LogP contribution in [0.4, 0.5) is 0 Å². The van der Waals surface area contributed by atoms with E-state index < -0.39 is 10.0 Å². The lowest BCUT2D eigenvalue weighted by atomic mass is 10.2. The van der Waals surface area contributed by atoms with Gasteiger partial charge in [0.15, 0.2) is 0 Å². The largest absolute Gasteiger partial charge is 0.315 e. The Morgan fingerprint density at radius 3 is 2.36 bits per heavy atom. The molecule has 0 spiro atoms. The third kappa shape index (κ3) is 3.37. The monoisotopic (exact) mass is 200 g/mol. The third-order valence-electron chi connectivity index (χ3n) is 1.72. The summed E-state index contributed by atoms with van der Waals surface area (Å²) in [4.78, 5) is 0. The number of hydrogen-bond acceptors (Lipinski definition) is 3. The van der Waals surface area contributed by atoms with Gasteiger partial charge in [0.2, 0.25) is 10.0 Å². The minimum Gasteiger partial charge on any atom is -0.315 e. The highest BCUT2D eigenvalue weighted by atomic mass is 35.5. The molecule has 0 bridgehead atoms. The van der Waals surface area contributed by atoms with Gasteiger partial charge in [-0.05, 0) is 19.4 Å². The van der Waals surface area contributed by atoms with Crippen LogP contribution in [0, 0.1) is 0 Å². The Hall–Kier alpha value is 0.160. The predicted molar refractivity (Wildman–Crippen MR) is 46.2 cm³/mol. The van der Waals surface area contributed by atoms with E-state index in [4.69, 9.17) is 5.14 Å². The Morgan fingerprint density at radius 2 is 2.09 bits per heavy atom. The van der Waals surface area contributed by atoms with Crippen molar-refractivity contribution in [2.45, 2.75) is 18.1 Å². The third-order valence-corrected chi connectivity index (χ3v) is 3.05. The number of primary sulfonamides is 1. The van der Waals surface area contributed by atoms with E-state index in [-0.39, 0.29) is 17.7 Å². The van der Waals surface area contributed by atoms with Gasteiger partial charge in [-0.15, -0.1) is 12.4 Å². The zero-order valence-electron chi connectivity index (χ0n) is 6.12. The molecule has 0 aromatic heterocycles. The Bertz CT molecular complexity index is 199. The van der Waals surface area contributed by atoms with E-state index in [1.54, 1.807) is 0 Å². The zero-order valence-corrected chi connectivity index (χ0v) is 7.75. The highest BCUT2D eigenvalue weighted by Crippen LogP contribution is 2.07. The molecule has 0 amide bonds. The first-order valence-electron chi connectivity index (χ1n) is 3.33. The average molecular weight is 201 g/mol. The lowest BCUT2D eigenvalue weighted by Gasteiger charge is -2.20. The second kappa shape index (κ2) is 4.25. The van der Waals surface area contributed by atoms with Crippen molar-refractivity contribution in [3.05, 3.63) is 0 Å². The van der Waals surface area contributed by atoms with Crippen molar-refractivity contribution in [1.29, 1.82) is 0 Å². The molecule has 1 aliphatic heterocycles. The number of nitrogens with one attached hydrogen (secondary N) is 1. The molecule has 1 rings (SSSR count). The van der Waals surface area contributed by atoms with E-state index in [9.17, 15) is 8.42 Å². The normalized spacial score (nSPS) is 25.7. The predicted octanol–water partition coefficient (Wildman–Crippen LogP) is -0.551. The second-order valence-corrected chi connectivity index (χ2v) is 4.40. The summed E-state index contributed by atoms with van der Waals surface area (Å²) in [5.41, 5.74) is 0. The summed E-state index contributed by atoms with van der Waals surface area (Å²) in [6.07, 6.45) is 1.60. The molecule has 6 heteroatoms. The lowest BCUT2D eigenvalue weighted by molar-refractivity contribution is 0.497. The number of sulfonamides is 1. The average Bonchev–Trinajstić information content (AvgIpc) is 1.88. The summed E-state index contributed by atoms with van der Waals surface area (Å²) in [5, 5.41) is 7.56. The number of rotatable bonds is 1. The molecule has 0 aliphatic carbocycles. The van der Waals surface area contributed by atoms with E-state index in [0.717, 1.165) is 13.0 Å². The summed E-state index contributed by atoms with van der Waals surface area (Å²) in [6.45, 7) is 1.42. The van der Waals surface area contributed by atoms with Crippen LogP contribution in [0.1, 0.15) is 12.8 Å². The highest BCUT2D eigenvalue weighted by molar-refractivity contribution is 7.89. The van der Waals surface area contributed by atoms with Crippen molar-refractivity contribution in [3.63, 3.8) is 0 Å². The van der Waals surface area contributed by atoms with Gasteiger partial charge in [0.25, 0.3) is 0 Å². The van der Waals surface area contributed by atoms with E-state index in [1.807, 2.05) is 0 Å². The first-order chi connectivity index (χ1) is 4.61. The van der Waals surface area contributed by atoms with Crippen molar-refractivity contribution in [2.75, 3.05) is 13.1 Å². The fraction of sp³-hybridized carbons (Fsp3) is 1.00. The molecule has 0 saturated carbocycles. The van der Waals surface area contributed by atoms with Crippen LogP contribution in [0.2, 0.25) is 0 Å². The molecule has 3 N–H and O–H groups in total. The quantitative estimate of drug-likeness (QED) is 0.597. The van der Waals surface area contributed by atoms with Gasteiger partial charge in [-0.3, -0.25) is 0 Å². The van der Waals surface area contributed by atoms with Gasteiger partial charge >= 0.3 is 0 Å². The van der Waals surface area contributed by atoms with Gasteiger partial charge in [-0.2, -0.15) is 0 Å². The smallest absolute Gasteiger partial charge is 0.213 e. The molecule has 0 unspecified atom stereocenters. The number of piperidine rings is 1. The fourth-order valence-electron chi connectivity index (χ4n) is 1.10. The van der Waals surface area contributed by atoms with Gasteiger partial charge in [-0.1, -0.05) is 0 Å². The number of nitrogens with two attached hydrogens (primary N) is 1. The van der Waals surface area contributed by atoms with Gasteiger partial charge in [-0.25, -0.2) is 13.6 Å². The van der Waals surface area contributed by atoms with E-state index in [1.165, 1.54) is 0 Å². The molecule has 1 saturated heterocycles. The summed E-state index contributed by atoms with van der Waals surface area (Å²) in [5.74, 6) is 0. The maximum absolute atomic E-state index is 10.7. The lowest BCUT2D eigenvalue weighted by Crippen LogP contribution is -2.41. The Balaban J connectivity index is 0.000001000. The second-order valence-electron chi connectivity index (χ2n) is 2.56.